The van der Waals surface area contributed by atoms with Crippen molar-refractivity contribution in [3.63, 3.8) is 0 Å². The van der Waals surface area contributed by atoms with E-state index in [0.717, 1.165) is 12.8 Å². The summed E-state index contributed by atoms with van der Waals surface area (Å²) in [5, 5.41) is 5.49. The van der Waals surface area contributed by atoms with E-state index in [2.05, 4.69) is 73.7 Å². The molecule has 0 amide bonds. The van der Waals surface area contributed by atoms with Crippen molar-refractivity contribution in [2.24, 2.45) is 0 Å². The Kier molecular flexibility index (Phi) is 2.63. The van der Waals surface area contributed by atoms with Crippen molar-refractivity contribution in [2.45, 2.75) is 19.8 Å². The van der Waals surface area contributed by atoms with Gasteiger partial charge in [-0.25, -0.2) is 0 Å². The van der Waals surface area contributed by atoms with Crippen molar-refractivity contribution in [1.82, 2.24) is 0 Å². The van der Waals surface area contributed by atoms with Gasteiger partial charge in [-0.15, -0.1) is 0 Å². The molecule has 0 bridgehead atoms. The summed E-state index contributed by atoms with van der Waals surface area (Å²) >= 11 is 0. The van der Waals surface area contributed by atoms with Crippen molar-refractivity contribution in [2.75, 3.05) is 0 Å². The Bertz CT molecular complexity index is 1070. The molecule has 23 heavy (non-hydrogen) atoms. The number of fused-ring (bicyclic) bond motifs is 6. The lowest BCUT2D eigenvalue weighted by atomic mass is 9.81. The van der Waals surface area contributed by atoms with Gasteiger partial charge in [-0.1, -0.05) is 60.7 Å². The second-order valence-electron chi connectivity index (χ2n) is 6.57. The Hall–Kier alpha value is -2.60. The lowest BCUT2D eigenvalue weighted by Gasteiger charge is -2.23. The predicted octanol–water partition coefficient (Wildman–Crippen LogP) is 6.07. The van der Waals surface area contributed by atoms with Crippen LogP contribution < -0.4 is 0 Å². The number of benzene rings is 4. The molecule has 4 aromatic carbocycles. The van der Waals surface area contributed by atoms with Gasteiger partial charge in [0.15, 0.2) is 0 Å². The second kappa shape index (κ2) is 4.70. The minimum atomic E-state index is 1.15. The molecule has 0 aliphatic heterocycles. The molecular weight excluding hydrogens is 276 g/mol. The first-order valence-electron chi connectivity index (χ1n) is 8.35. The quantitative estimate of drug-likeness (QED) is 0.345. The van der Waals surface area contributed by atoms with E-state index in [0.29, 0.717) is 0 Å². The SMILES string of the molecule is Cc1c2c(cc3c1ccc1ccccc13)CCc1ccccc1-2. The maximum absolute atomic E-state index is 2.44. The third-order valence-corrected chi connectivity index (χ3v) is 5.34. The fourth-order valence-electron chi connectivity index (χ4n) is 4.22. The van der Waals surface area contributed by atoms with Crippen LogP contribution in [-0.4, -0.2) is 0 Å². The molecule has 0 saturated carbocycles. The molecule has 110 valence electrons. The van der Waals surface area contributed by atoms with Crippen LogP contribution in [0, 0.1) is 6.92 Å². The van der Waals surface area contributed by atoms with Gasteiger partial charge in [-0.05, 0) is 75.2 Å². The summed E-state index contributed by atoms with van der Waals surface area (Å²) in [5.74, 6) is 0. The molecule has 0 heteroatoms. The monoisotopic (exact) mass is 294 g/mol. The first-order valence-corrected chi connectivity index (χ1v) is 8.35. The number of hydrogen-bond donors (Lipinski definition) is 0. The van der Waals surface area contributed by atoms with Crippen molar-refractivity contribution < 1.29 is 0 Å². The van der Waals surface area contributed by atoms with Gasteiger partial charge in [0.1, 0.15) is 0 Å². The molecule has 1 aliphatic carbocycles. The van der Waals surface area contributed by atoms with Crippen LogP contribution in [0.5, 0.6) is 0 Å². The molecule has 0 fully saturated rings. The van der Waals surface area contributed by atoms with E-state index in [1.807, 2.05) is 0 Å². The van der Waals surface area contributed by atoms with Crippen LogP contribution in [0.25, 0.3) is 32.7 Å². The van der Waals surface area contributed by atoms with Crippen molar-refractivity contribution in [3.8, 4) is 11.1 Å². The molecule has 1 aliphatic rings. The minimum absolute atomic E-state index is 1.15. The van der Waals surface area contributed by atoms with E-state index in [4.69, 9.17) is 0 Å². The summed E-state index contributed by atoms with van der Waals surface area (Å²) in [5.41, 5.74) is 7.32. The van der Waals surface area contributed by atoms with E-state index in [1.165, 1.54) is 49.4 Å². The molecule has 0 radical (unpaired) electrons. The highest BCUT2D eigenvalue weighted by atomic mass is 14.2. The molecule has 0 heterocycles. The van der Waals surface area contributed by atoms with Gasteiger partial charge in [0.2, 0.25) is 0 Å². The summed E-state index contributed by atoms with van der Waals surface area (Å²) in [6, 6.07) is 24.6. The molecule has 0 nitrogen and oxygen atoms in total. The Morgan fingerprint density at radius 3 is 2.39 bits per heavy atom. The van der Waals surface area contributed by atoms with Crippen molar-refractivity contribution in [1.29, 1.82) is 0 Å². The van der Waals surface area contributed by atoms with Crippen molar-refractivity contribution in [3.05, 3.63) is 83.4 Å². The second-order valence-corrected chi connectivity index (χ2v) is 6.57. The normalized spacial score (nSPS) is 13.1. The summed E-state index contributed by atoms with van der Waals surface area (Å²) < 4.78 is 0. The zero-order valence-electron chi connectivity index (χ0n) is 13.3. The van der Waals surface area contributed by atoms with Gasteiger partial charge in [0, 0.05) is 0 Å². The van der Waals surface area contributed by atoms with Gasteiger partial charge in [0.05, 0.1) is 0 Å². The van der Waals surface area contributed by atoms with Gasteiger partial charge in [-0.2, -0.15) is 0 Å². The van der Waals surface area contributed by atoms with Crippen LogP contribution in [0.2, 0.25) is 0 Å². The molecule has 0 aromatic heterocycles. The molecular formula is C23H18. The van der Waals surface area contributed by atoms with Gasteiger partial charge < -0.3 is 0 Å². The number of aryl methyl sites for hydroxylation is 3. The van der Waals surface area contributed by atoms with Crippen molar-refractivity contribution >= 4 is 21.5 Å². The van der Waals surface area contributed by atoms with Gasteiger partial charge in [-0.3, -0.25) is 0 Å². The molecule has 0 N–H and O–H groups in total. The fraction of sp³-hybridized carbons (Fsp3) is 0.130. The van der Waals surface area contributed by atoms with Crippen LogP contribution >= 0.6 is 0 Å². The Morgan fingerprint density at radius 1 is 0.652 bits per heavy atom. The Morgan fingerprint density at radius 2 is 1.43 bits per heavy atom. The number of hydrogen-bond acceptors (Lipinski definition) is 0. The standard InChI is InChI=1S/C23H18/c1-15-19-13-12-16-6-2-4-8-20(16)22(19)14-18-11-10-17-7-3-5-9-21(17)23(15)18/h2-9,12-14H,10-11H2,1H3. The third-order valence-electron chi connectivity index (χ3n) is 5.34. The molecule has 4 aromatic rings. The lowest BCUT2D eigenvalue weighted by Crippen LogP contribution is -2.05. The maximum atomic E-state index is 2.44. The highest BCUT2D eigenvalue weighted by molar-refractivity contribution is 6.10. The minimum Gasteiger partial charge on any atom is -0.0620 e. The molecule has 0 spiro atoms. The predicted molar refractivity (Wildman–Crippen MR) is 99.0 cm³/mol. The van der Waals surface area contributed by atoms with E-state index < -0.39 is 0 Å². The van der Waals surface area contributed by atoms with Crippen LogP contribution in [0.1, 0.15) is 16.7 Å². The first kappa shape index (κ1) is 12.9. The Balaban J connectivity index is 1.94. The average molecular weight is 294 g/mol. The molecule has 5 rings (SSSR count). The van der Waals surface area contributed by atoms with Crippen LogP contribution in [0.15, 0.2) is 66.7 Å². The highest BCUT2D eigenvalue weighted by Crippen LogP contribution is 2.40. The first-order chi connectivity index (χ1) is 11.3. The van der Waals surface area contributed by atoms with Crippen LogP contribution in [-0.2, 0) is 12.8 Å². The van der Waals surface area contributed by atoms with Gasteiger partial charge >= 0.3 is 0 Å². The van der Waals surface area contributed by atoms with Gasteiger partial charge in [0.25, 0.3) is 0 Å². The van der Waals surface area contributed by atoms with Crippen LogP contribution in [0.4, 0.5) is 0 Å². The fourth-order valence-corrected chi connectivity index (χ4v) is 4.22. The highest BCUT2D eigenvalue weighted by Gasteiger charge is 2.19. The summed E-state index contributed by atoms with van der Waals surface area (Å²) in [6.07, 6.45) is 2.30. The molecule has 0 saturated heterocycles. The molecule has 0 unspecified atom stereocenters. The largest absolute Gasteiger partial charge is 0.0620 e. The summed E-state index contributed by atoms with van der Waals surface area (Å²) in [6.45, 7) is 2.29. The van der Waals surface area contributed by atoms with Crippen LogP contribution in [0.3, 0.4) is 0 Å². The third kappa shape index (κ3) is 1.78. The zero-order chi connectivity index (χ0) is 15.4. The zero-order valence-corrected chi connectivity index (χ0v) is 13.3. The summed E-state index contributed by atoms with van der Waals surface area (Å²) in [4.78, 5) is 0. The maximum Gasteiger partial charge on any atom is -0.00996 e. The number of rotatable bonds is 0. The van der Waals surface area contributed by atoms with E-state index in [1.54, 1.807) is 0 Å². The molecule has 0 atom stereocenters. The van der Waals surface area contributed by atoms with E-state index in [9.17, 15) is 0 Å². The topological polar surface area (TPSA) is 0 Å². The lowest BCUT2D eigenvalue weighted by molar-refractivity contribution is 0.942. The van der Waals surface area contributed by atoms with E-state index >= 15 is 0 Å². The smallest absolute Gasteiger partial charge is 0.00996 e. The average Bonchev–Trinajstić information content (AvgIpc) is 2.61. The Labute approximate surface area is 136 Å². The summed E-state index contributed by atoms with van der Waals surface area (Å²) in [7, 11) is 0. The van der Waals surface area contributed by atoms with E-state index in [-0.39, 0.29) is 0 Å².